The molecular formula is C30H32O6. The number of aromatic hydroxyl groups is 1. The standard InChI is InChI=1S/C30H32O6/c1-5-6-7-10-22-17-25(32)26(21-11-8-9-19(2)16-21)28-27(22)29(33)36-30(35-28,18-20(3)31)23-12-14-24(34-4)15-13-23/h8-9,11-17,32H,5-7,10,18H2,1-4H3. The zero-order valence-electron chi connectivity index (χ0n) is 21.2. The summed E-state index contributed by atoms with van der Waals surface area (Å²) in [6.07, 6.45) is 3.29. The molecule has 188 valence electrons. The van der Waals surface area contributed by atoms with Crippen molar-refractivity contribution in [1.82, 2.24) is 0 Å². The van der Waals surface area contributed by atoms with Crippen molar-refractivity contribution in [3.8, 4) is 28.4 Å². The fourth-order valence-corrected chi connectivity index (χ4v) is 4.72. The molecule has 1 N–H and O–H groups in total. The number of benzene rings is 3. The van der Waals surface area contributed by atoms with Crippen LogP contribution < -0.4 is 9.47 Å². The van der Waals surface area contributed by atoms with Crippen LogP contribution in [0.25, 0.3) is 11.1 Å². The molecule has 3 aromatic rings. The van der Waals surface area contributed by atoms with Crippen molar-refractivity contribution in [1.29, 1.82) is 0 Å². The lowest BCUT2D eigenvalue weighted by atomic mass is 9.90. The number of esters is 1. The summed E-state index contributed by atoms with van der Waals surface area (Å²) in [5, 5.41) is 11.2. The Labute approximate surface area is 211 Å². The largest absolute Gasteiger partial charge is 0.507 e. The molecule has 0 fully saturated rings. The summed E-state index contributed by atoms with van der Waals surface area (Å²) in [5.41, 5.74) is 3.59. The second-order valence-electron chi connectivity index (χ2n) is 9.31. The maximum atomic E-state index is 13.7. The normalized spacial score (nSPS) is 16.6. The van der Waals surface area contributed by atoms with Gasteiger partial charge in [-0.15, -0.1) is 0 Å². The van der Waals surface area contributed by atoms with E-state index in [1.807, 2.05) is 31.2 Å². The molecule has 0 saturated carbocycles. The van der Waals surface area contributed by atoms with Crippen LogP contribution in [-0.4, -0.2) is 24.0 Å². The number of aryl methyl sites for hydroxylation is 2. The van der Waals surface area contributed by atoms with Gasteiger partial charge in [0, 0.05) is 5.56 Å². The van der Waals surface area contributed by atoms with Gasteiger partial charge in [0.05, 0.1) is 19.1 Å². The fourth-order valence-electron chi connectivity index (χ4n) is 4.72. The maximum Gasteiger partial charge on any atom is 0.345 e. The van der Waals surface area contributed by atoms with Crippen LogP contribution in [0.1, 0.15) is 66.6 Å². The lowest BCUT2D eigenvalue weighted by Gasteiger charge is -2.39. The van der Waals surface area contributed by atoms with Gasteiger partial charge in [-0.3, -0.25) is 4.79 Å². The first-order valence-corrected chi connectivity index (χ1v) is 12.3. The van der Waals surface area contributed by atoms with Gasteiger partial charge in [0.25, 0.3) is 5.79 Å². The molecule has 1 aliphatic heterocycles. The first-order valence-electron chi connectivity index (χ1n) is 12.3. The lowest BCUT2D eigenvalue weighted by molar-refractivity contribution is -0.171. The molecule has 1 unspecified atom stereocenters. The van der Waals surface area contributed by atoms with Gasteiger partial charge < -0.3 is 19.3 Å². The van der Waals surface area contributed by atoms with Crippen molar-refractivity contribution in [3.05, 3.63) is 76.9 Å². The molecule has 0 bridgehead atoms. The highest BCUT2D eigenvalue weighted by atomic mass is 16.7. The minimum atomic E-state index is -1.67. The third-order valence-electron chi connectivity index (χ3n) is 6.44. The van der Waals surface area contributed by atoms with Gasteiger partial charge in [0.1, 0.15) is 22.8 Å². The number of cyclic esters (lactones) is 1. The predicted octanol–water partition coefficient (Wildman–Crippen LogP) is 6.49. The second-order valence-corrected chi connectivity index (χ2v) is 9.31. The summed E-state index contributed by atoms with van der Waals surface area (Å²) in [6, 6.07) is 16.2. The molecule has 0 aliphatic carbocycles. The highest BCUT2D eigenvalue weighted by molar-refractivity contribution is 6.00. The highest BCUT2D eigenvalue weighted by Crippen LogP contribution is 2.50. The second kappa shape index (κ2) is 10.4. The molecule has 4 rings (SSSR count). The number of fused-ring (bicyclic) bond motifs is 1. The Morgan fingerprint density at radius 2 is 1.78 bits per heavy atom. The van der Waals surface area contributed by atoms with E-state index in [9.17, 15) is 14.7 Å². The number of Topliss-reactive ketones (excluding diaryl/α,β-unsaturated/α-hetero) is 1. The summed E-state index contributed by atoms with van der Waals surface area (Å²) in [7, 11) is 1.56. The number of methoxy groups -OCH3 is 1. The van der Waals surface area contributed by atoms with E-state index in [0.717, 1.165) is 24.8 Å². The molecule has 1 atom stereocenters. The molecule has 0 spiro atoms. The Morgan fingerprint density at radius 3 is 2.42 bits per heavy atom. The molecule has 6 nitrogen and oxygen atoms in total. The monoisotopic (exact) mass is 488 g/mol. The average molecular weight is 489 g/mol. The van der Waals surface area contributed by atoms with Crippen molar-refractivity contribution in [2.75, 3.05) is 7.11 Å². The Kier molecular flexibility index (Phi) is 7.34. The molecular weight excluding hydrogens is 456 g/mol. The van der Waals surface area contributed by atoms with Crippen LogP contribution in [0.15, 0.2) is 54.6 Å². The number of hydrogen-bond donors (Lipinski definition) is 1. The molecule has 36 heavy (non-hydrogen) atoms. The third-order valence-corrected chi connectivity index (χ3v) is 6.44. The van der Waals surface area contributed by atoms with Crippen LogP contribution in [0.5, 0.6) is 17.2 Å². The van der Waals surface area contributed by atoms with Crippen molar-refractivity contribution in [2.24, 2.45) is 0 Å². The lowest BCUT2D eigenvalue weighted by Crippen LogP contribution is -2.44. The quantitative estimate of drug-likeness (QED) is 0.274. The molecule has 0 amide bonds. The van der Waals surface area contributed by atoms with Crippen molar-refractivity contribution >= 4 is 11.8 Å². The van der Waals surface area contributed by atoms with Gasteiger partial charge in [0.15, 0.2) is 5.75 Å². The van der Waals surface area contributed by atoms with E-state index in [4.69, 9.17) is 14.2 Å². The number of phenols is 1. The first kappa shape index (κ1) is 25.3. The minimum Gasteiger partial charge on any atom is -0.507 e. The van der Waals surface area contributed by atoms with E-state index in [1.54, 1.807) is 37.4 Å². The predicted molar refractivity (Wildman–Crippen MR) is 138 cm³/mol. The first-order chi connectivity index (χ1) is 17.3. The Bertz CT molecular complexity index is 1280. The van der Waals surface area contributed by atoms with Crippen LogP contribution in [0.3, 0.4) is 0 Å². The Balaban J connectivity index is 1.94. The average Bonchev–Trinajstić information content (AvgIpc) is 2.83. The van der Waals surface area contributed by atoms with Gasteiger partial charge in [-0.1, -0.05) is 49.6 Å². The molecule has 0 radical (unpaired) electrons. The summed E-state index contributed by atoms with van der Waals surface area (Å²) in [5.74, 6) is -1.57. The minimum absolute atomic E-state index is 0.0204. The zero-order chi connectivity index (χ0) is 25.9. The van der Waals surface area contributed by atoms with E-state index in [-0.39, 0.29) is 23.7 Å². The van der Waals surface area contributed by atoms with Gasteiger partial charge in [-0.2, -0.15) is 0 Å². The summed E-state index contributed by atoms with van der Waals surface area (Å²) < 4.78 is 17.8. The van der Waals surface area contributed by atoms with E-state index < -0.39 is 11.8 Å². The number of hydrogen-bond acceptors (Lipinski definition) is 6. The molecule has 3 aromatic carbocycles. The van der Waals surface area contributed by atoms with Crippen molar-refractivity contribution in [3.63, 3.8) is 0 Å². The number of carbonyl (C=O) groups excluding carboxylic acids is 2. The number of ketones is 1. The molecule has 1 aliphatic rings. The number of unbranched alkanes of at least 4 members (excludes halogenated alkanes) is 2. The number of ether oxygens (including phenoxy) is 3. The highest BCUT2D eigenvalue weighted by Gasteiger charge is 2.47. The van der Waals surface area contributed by atoms with Crippen molar-refractivity contribution < 1.29 is 28.9 Å². The van der Waals surface area contributed by atoms with Gasteiger partial charge in [-0.05, 0) is 68.1 Å². The summed E-state index contributed by atoms with van der Waals surface area (Å²) >= 11 is 0. The van der Waals surface area contributed by atoms with E-state index in [1.165, 1.54) is 6.92 Å². The molecule has 6 heteroatoms. The summed E-state index contributed by atoms with van der Waals surface area (Å²) in [6.45, 7) is 5.49. The van der Waals surface area contributed by atoms with Crippen LogP contribution in [0, 0.1) is 6.92 Å². The van der Waals surface area contributed by atoms with Crippen LogP contribution in [0.4, 0.5) is 0 Å². The fraction of sp³-hybridized carbons (Fsp3) is 0.333. The molecule has 0 saturated heterocycles. The smallest absolute Gasteiger partial charge is 0.345 e. The van der Waals surface area contributed by atoms with Crippen LogP contribution >= 0.6 is 0 Å². The SMILES string of the molecule is CCCCCc1cc(O)c(-c2cccc(C)c2)c2c1C(=O)OC(CC(C)=O)(c1ccc(OC)cc1)O2. The molecule has 1 heterocycles. The number of rotatable bonds is 9. The van der Waals surface area contributed by atoms with Crippen molar-refractivity contribution in [2.45, 2.75) is 58.7 Å². The van der Waals surface area contributed by atoms with E-state index in [2.05, 4.69) is 6.92 Å². The Hall–Kier alpha value is -3.80. The van der Waals surface area contributed by atoms with Gasteiger partial charge >= 0.3 is 5.97 Å². The zero-order valence-corrected chi connectivity index (χ0v) is 21.2. The molecule has 0 aromatic heterocycles. The Morgan fingerprint density at radius 1 is 1.03 bits per heavy atom. The van der Waals surface area contributed by atoms with Gasteiger partial charge in [-0.25, -0.2) is 4.79 Å². The van der Waals surface area contributed by atoms with Gasteiger partial charge in [0.2, 0.25) is 0 Å². The third kappa shape index (κ3) is 4.94. The topological polar surface area (TPSA) is 82.1 Å². The number of carbonyl (C=O) groups is 2. The van der Waals surface area contributed by atoms with E-state index in [0.29, 0.717) is 40.0 Å². The number of phenolic OH excluding ortho intramolecular Hbond substituents is 1. The van der Waals surface area contributed by atoms with Crippen LogP contribution in [-0.2, 0) is 21.7 Å². The summed E-state index contributed by atoms with van der Waals surface area (Å²) in [4.78, 5) is 26.1. The van der Waals surface area contributed by atoms with Crippen LogP contribution in [0.2, 0.25) is 0 Å². The van der Waals surface area contributed by atoms with E-state index >= 15 is 0 Å². The maximum absolute atomic E-state index is 13.7.